The zero-order chi connectivity index (χ0) is 14.7. The molecule has 21 heavy (non-hydrogen) atoms. The number of benzene rings is 2. The molecule has 106 valence electrons. The van der Waals surface area contributed by atoms with E-state index in [2.05, 4.69) is 4.72 Å². The molecule has 2 aromatic carbocycles. The van der Waals surface area contributed by atoms with Crippen LogP contribution in [-0.4, -0.2) is 8.42 Å². The maximum Gasteiger partial charge on any atom is 0.261 e. The molecule has 5 heteroatoms. The summed E-state index contributed by atoms with van der Waals surface area (Å²) < 4.78 is 32.3. The number of furan rings is 1. The van der Waals surface area contributed by atoms with E-state index in [1.54, 1.807) is 60.9 Å². The largest absolute Gasteiger partial charge is 0.464 e. The highest BCUT2D eigenvalue weighted by molar-refractivity contribution is 7.92. The van der Waals surface area contributed by atoms with Crippen LogP contribution in [0.5, 0.6) is 0 Å². The van der Waals surface area contributed by atoms with Crippen molar-refractivity contribution in [2.75, 3.05) is 4.72 Å². The number of sulfonamides is 1. The topological polar surface area (TPSA) is 59.3 Å². The first kappa shape index (κ1) is 13.5. The van der Waals surface area contributed by atoms with Crippen molar-refractivity contribution in [3.8, 4) is 11.3 Å². The predicted octanol–water partition coefficient (Wildman–Crippen LogP) is 3.75. The number of hydrogen-bond acceptors (Lipinski definition) is 3. The van der Waals surface area contributed by atoms with Gasteiger partial charge in [0.15, 0.2) is 0 Å². The number of para-hydroxylation sites is 1. The molecule has 0 aliphatic rings. The minimum absolute atomic E-state index is 0.210. The molecule has 0 amide bonds. The minimum Gasteiger partial charge on any atom is -0.464 e. The molecule has 1 aromatic heterocycles. The van der Waals surface area contributed by atoms with Gasteiger partial charge in [-0.2, -0.15) is 0 Å². The van der Waals surface area contributed by atoms with Crippen LogP contribution < -0.4 is 4.72 Å². The van der Waals surface area contributed by atoms with Crippen molar-refractivity contribution >= 4 is 15.7 Å². The van der Waals surface area contributed by atoms with Crippen molar-refractivity contribution in [2.45, 2.75) is 4.90 Å². The van der Waals surface area contributed by atoms with Crippen molar-refractivity contribution in [2.24, 2.45) is 0 Å². The summed E-state index contributed by atoms with van der Waals surface area (Å²) in [6, 6.07) is 19.0. The van der Waals surface area contributed by atoms with Crippen LogP contribution in [0.25, 0.3) is 11.3 Å². The van der Waals surface area contributed by atoms with E-state index in [-0.39, 0.29) is 4.90 Å². The Labute approximate surface area is 123 Å². The molecule has 0 bridgehead atoms. The summed E-state index contributed by atoms with van der Waals surface area (Å²) in [4.78, 5) is 0.210. The van der Waals surface area contributed by atoms with Crippen molar-refractivity contribution in [1.82, 2.24) is 0 Å². The fraction of sp³-hybridized carbons (Fsp3) is 0. The zero-order valence-electron chi connectivity index (χ0n) is 11.1. The molecular weight excluding hydrogens is 286 g/mol. The Hall–Kier alpha value is -2.53. The SMILES string of the molecule is O=S(=O)(Nc1ccccc1)c1ccc(-c2ccco2)cc1. The number of hydrogen-bond donors (Lipinski definition) is 1. The second kappa shape index (κ2) is 5.46. The molecule has 1 N–H and O–H groups in total. The fourth-order valence-electron chi connectivity index (χ4n) is 1.96. The Morgan fingerprint density at radius 1 is 0.810 bits per heavy atom. The summed E-state index contributed by atoms with van der Waals surface area (Å²) >= 11 is 0. The maximum absolute atomic E-state index is 12.3. The van der Waals surface area contributed by atoms with Crippen LogP contribution in [0.4, 0.5) is 5.69 Å². The third-order valence-corrected chi connectivity index (χ3v) is 4.39. The lowest BCUT2D eigenvalue weighted by atomic mass is 10.2. The van der Waals surface area contributed by atoms with Gasteiger partial charge in [-0.25, -0.2) is 8.42 Å². The fourth-order valence-corrected chi connectivity index (χ4v) is 3.02. The first-order valence-corrected chi connectivity index (χ1v) is 7.85. The van der Waals surface area contributed by atoms with E-state index < -0.39 is 10.0 Å². The summed E-state index contributed by atoms with van der Waals surface area (Å²) in [6.45, 7) is 0. The Kier molecular flexibility index (Phi) is 3.50. The first-order chi connectivity index (χ1) is 10.1. The standard InChI is InChI=1S/C16H13NO3S/c18-21(19,17-14-5-2-1-3-6-14)15-10-8-13(9-11-15)16-7-4-12-20-16/h1-12,17H. The van der Waals surface area contributed by atoms with Crippen molar-refractivity contribution in [1.29, 1.82) is 0 Å². The quantitative estimate of drug-likeness (QED) is 0.798. The van der Waals surface area contributed by atoms with Gasteiger partial charge in [-0.05, 0) is 48.5 Å². The van der Waals surface area contributed by atoms with Gasteiger partial charge in [-0.15, -0.1) is 0 Å². The average Bonchev–Trinajstić information content (AvgIpc) is 3.02. The molecule has 0 unspecified atom stereocenters. The first-order valence-electron chi connectivity index (χ1n) is 6.37. The van der Waals surface area contributed by atoms with E-state index in [4.69, 9.17) is 4.42 Å². The summed E-state index contributed by atoms with van der Waals surface area (Å²) in [5, 5.41) is 0. The molecule has 3 rings (SSSR count). The van der Waals surface area contributed by atoms with Crippen LogP contribution in [0.1, 0.15) is 0 Å². The molecule has 0 radical (unpaired) electrons. The number of nitrogens with one attached hydrogen (secondary N) is 1. The molecule has 4 nitrogen and oxygen atoms in total. The highest BCUT2D eigenvalue weighted by Crippen LogP contribution is 2.22. The molecule has 0 atom stereocenters. The minimum atomic E-state index is -3.58. The van der Waals surface area contributed by atoms with Crippen LogP contribution >= 0.6 is 0 Å². The van der Waals surface area contributed by atoms with Crippen molar-refractivity contribution in [3.63, 3.8) is 0 Å². The number of anilines is 1. The molecule has 3 aromatic rings. The molecule has 0 aliphatic carbocycles. The lowest BCUT2D eigenvalue weighted by molar-refractivity contribution is 0.582. The molecule has 0 saturated heterocycles. The van der Waals surface area contributed by atoms with Gasteiger partial charge in [0.05, 0.1) is 11.2 Å². The van der Waals surface area contributed by atoms with Crippen LogP contribution in [0.3, 0.4) is 0 Å². The average molecular weight is 299 g/mol. The summed E-state index contributed by atoms with van der Waals surface area (Å²) in [6.07, 6.45) is 1.58. The van der Waals surface area contributed by atoms with Gasteiger partial charge in [0, 0.05) is 11.3 Å². The molecule has 0 saturated carbocycles. The lowest BCUT2D eigenvalue weighted by Crippen LogP contribution is -2.12. The van der Waals surface area contributed by atoms with Gasteiger partial charge >= 0.3 is 0 Å². The highest BCUT2D eigenvalue weighted by Gasteiger charge is 2.14. The van der Waals surface area contributed by atoms with Gasteiger partial charge in [0.2, 0.25) is 0 Å². The van der Waals surface area contributed by atoms with Crippen LogP contribution in [0.2, 0.25) is 0 Å². The maximum atomic E-state index is 12.3. The second-order valence-electron chi connectivity index (χ2n) is 4.47. The monoisotopic (exact) mass is 299 g/mol. The van der Waals surface area contributed by atoms with E-state index in [9.17, 15) is 8.42 Å². The van der Waals surface area contributed by atoms with Crippen molar-refractivity contribution in [3.05, 3.63) is 73.0 Å². The van der Waals surface area contributed by atoms with E-state index in [0.29, 0.717) is 11.4 Å². The van der Waals surface area contributed by atoms with E-state index in [1.807, 2.05) is 12.1 Å². The Morgan fingerprint density at radius 3 is 2.14 bits per heavy atom. The third kappa shape index (κ3) is 2.98. The smallest absolute Gasteiger partial charge is 0.261 e. The summed E-state index contributed by atoms with van der Waals surface area (Å²) in [7, 11) is -3.58. The van der Waals surface area contributed by atoms with E-state index >= 15 is 0 Å². The Morgan fingerprint density at radius 2 is 1.52 bits per heavy atom. The van der Waals surface area contributed by atoms with Gasteiger partial charge in [0.1, 0.15) is 5.76 Å². The summed E-state index contributed by atoms with van der Waals surface area (Å²) in [5.74, 6) is 0.704. The molecule has 0 spiro atoms. The van der Waals surface area contributed by atoms with Crippen LogP contribution in [-0.2, 0) is 10.0 Å². The lowest BCUT2D eigenvalue weighted by Gasteiger charge is -2.08. The van der Waals surface area contributed by atoms with Crippen molar-refractivity contribution < 1.29 is 12.8 Å². The summed E-state index contributed by atoms with van der Waals surface area (Å²) in [5.41, 5.74) is 1.37. The molecule has 1 heterocycles. The third-order valence-electron chi connectivity index (χ3n) is 3.00. The highest BCUT2D eigenvalue weighted by atomic mass is 32.2. The van der Waals surface area contributed by atoms with Gasteiger partial charge < -0.3 is 4.42 Å². The van der Waals surface area contributed by atoms with E-state index in [0.717, 1.165) is 5.56 Å². The Balaban J connectivity index is 1.86. The molecule has 0 fully saturated rings. The van der Waals surface area contributed by atoms with E-state index in [1.165, 1.54) is 0 Å². The second-order valence-corrected chi connectivity index (χ2v) is 6.16. The predicted molar refractivity (Wildman–Crippen MR) is 81.4 cm³/mol. The molecular formula is C16H13NO3S. The Bertz CT molecular complexity index is 808. The molecule has 0 aliphatic heterocycles. The van der Waals surface area contributed by atoms with Gasteiger partial charge in [-0.3, -0.25) is 4.72 Å². The zero-order valence-corrected chi connectivity index (χ0v) is 11.9. The van der Waals surface area contributed by atoms with Crippen LogP contribution in [0, 0.1) is 0 Å². The number of rotatable bonds is 4. The normalized spacial score (nSPS) is 11.2. The van der Waals surface area contributed by atoms with Gasteiger partial charge in [0.25, 0.3) is 10.0 Å². The van der Waals surface area contributed by atoms with Crippen LogP contribution in [0.15, 0.2) is 82.3 Å². The van der Waals surface area contributed by atoms with Gasteiger partial charge in [-0.1, -0.05) is 18.2 Å².